The van der Waals surface area contributed by atoms with Crippen LogP contribution in [-0.4, -0.2) is 18.7 Å². The molecule has 0 aliphatic heterocycles. The monoisotopic (exact) mass is 624 g/mol. The molecule has 0 unspecified atom stereocenters. The van der Waals surface area contributed by atoms with Gasteiger partial charge in [0.25, 0.3) is 0 Å². The summed E-state index contributed by atoms with van der Waals surface area (Å²) in [5.74, 6) is 1.60. The van der Waals surface area contributed by atoms with Crippen molar-refractivity contribution in [3.8, 4) is 23.4 Å². The molecule has 0 aliphatic rings. The van der Waals surface area contributed by atoms with Crippen molar-refractivity contribution in [1.82, 2.24) is 18.7 Å². The molecule has 0 aliphatic carbocycles. The highest BCUT2D eigenvalue weighted by atomic mass is 15.1. The zero-order valence-corrected chi connectivity index (χ0v) is 26.0. The zero-order chi connectivity index (χ0) is 32.6. The Morgan fingerprint density at radius 1 is 0.469 bits per heavy atom. The molecule has 10 rings (SSSR count). The van der Waals surface area contributed by atoms with Crippen molar-refractivity contribution >= 4 is 71.1 Å². The highest BCUT2D eigenvalue weighted by Crippen LogP contribution is 2.41. The predicted octanol–water partition coefficient (Wildman–Crippen LogP) is 10.8. The molecule has 4 aromatic heterocycles. The van der Waals surface area contributed by atoms with Crippen LogP contribution < -0.4 is 0 Å². The summed E-state index contributed by atoms with van der Waals surface area (Å²) in [5, 5.41) is 16.1. The number of para-hydroxylation sites is 3. The van der Waals surface area contributed by atoms with E-state index in [2.05, 4.69) is 116 Å². The summed E-state index contributed by atoms with van der Waals surface area (Å²) in [6, 6.07) is 52.0. The van der Waals surface area contributed by atoms with Crippen molar-refractivity contribution in [2.75, 3.05) is 0 Å². The van der Waals surface area contributed by atoms with E-state index >= 15 is 0 Å². The topological polar surface area (TPSA) is 55.8 Å². The number of nitrogens with zero attached hydrogens (tertiary/aromatic N) is 6. The van der Waals surface area contributed by atoms with Gasteiger partial charge in [-0.2, -0.15) is 5.26 Å². The molecule has 0 amide bonds. The molecule has 49 heavy (non-hydrogen) atoms. The first-order chi connectivity index (χ1) is 24.2. The van der Waals surface area contributed by atoms with E-state index in [1.165, 1.54) is 0 Å². The number of rotatable bonds is 3. The molecule has 0 saturated heterocycles. The maximum Gasteiger partial charge on any atom is 0.188 e. The Kier molecular flexibility index (Phi) is 5.61. The van der Waals surface area contributed by atoms with E-state index < -0.39 is 0 Å². The summed E-state index contributed by atoms with van der Waals surface area (Å²) in [7, 11) is 0. The van der Waals surface area contributed by atoms with E-state index in [1.807, 2.05) is 54.6 Å². The van der Waals surface area contributed by atoms with E-state index in [0.717, 1.165) is 82.7 Å². The van der Waals surface area contributed by atoms with Gasteiger partial charge in [-0.25, -0.2) is 9.83 Å². The number of nitriles is 1. The normalized spacial score (nSPS) is 11.6. The minimum atomic E-state index is 0.614. The molecular weight excluding hydrogens is 601 g/mol. The molecule has 0 bridgehead atoms. The molecular formula is C43H24N6. The molecule has 0 atom stereocenters. The standard InChI is InChI=1S/C43H24N6/c1-45-28-19-21-38-33(23-28)35-25-41-34(24-40(35)47(38)29-10-3-2-4-11-29)31-13-6-8-15-37(31)49(41)43-17-9-16-42(46-43)48-36-14-7-5-12-30(36)32-22-27(26-44)18-20-39(32)48/h2-25H. The van der Waals surface area contributed by atoms with E-state index in [4.69, 9.17) is 11.6 Å². The molecule has 226 valence electrons. The molecule has 6 nitrogen and oxygen atoms in total. The molecule has 0 N–H and O–H groups in total. The van der Waals surface area contributed by atoms with Gasteiger partial charge in [-0.05, 0) is 84.2 Å². The van der Waals surface area contributed by atoms with Crippen molar-refractivity contribution in [3.63, 3.8) is 0 Å². The minimum absolute atomic E-state index is 0.614. The molecule has 4 heterocycles. The van der Waals surface area contributed by atoms with Crippen molar-refractivity contribution in [1.29, 1.82) is 5.26 Å². The van der Waals surface area contributed by atoms with Crippen LogP contribution in [0.1, 0.15) is 5.56 Å². The average molecular weight is 625 g/mol. The maximum atomic E-state index is 9.63. The Morgan fingerprint density at radius 3 is 1.69 bits per heavy atom. The Bertz CT molecular complexity index is 3070. The third-order valence-corrected chi connectivity index (χ3v) is 9.67. The van der Waals surface area contributed by atoms with Gasteiger partial charge in [0.2, 0.25) is 0 Å². The Hall–Kier alpha value is -7.15. The summed E-state index contributed by atoms with van der Waals surface area (Å²) >= 11 is 0. The highest BCUT2D eigenvalue weighted by Gasteiger charge is 2.20. The fourth-order valence-electron chi connectivity index (χ4n) is 7.59. The Balaban J connectivity index is 1.28. The number of benzene rings is 6. The van der Waals surface area contributed by atoms with Crippen molar-refractivity contribution in [3.05, 3.63) is 163 Å². The molecule has 0 fully saturated rings. The summed E-state index contributed by atoms with van der Waals surface area (Å²) < 4.78 is 6.73. The number of hydrogen-bond acceptors (Lipinski definition) is 2. The van der Waals surface area contributed by atoms with Gasteiger partial charge in [0.1, 0.15) is 11.6 Å². The van der Waals surface area contributed by atoms with Crippen LogP contribution in [0.3, 0.4) is 0 Å². The van der Waals surface area contributed by atoms with Gasteiger partial charge in [0, 0.05) is 32.6 Å². The summed E-state index contributed by atoms with van der Waals surface area (Å²) in [6.45, 7) is 7.74. The van der Waals surface area contributed by atoms with Gasteiger partial charge < -0.3 is 4.57 Å². The first-order valence-corrected chi connectivity index (χ1v) is 16.1. The Labute approximate surface area is 280 Å². The largest absolute Gasteiger partial charge is 0.309 e. The first kappa shape index (κ1) is 27.0. The van der Waals surface area contributed by atoms with Gasteiger partial charge >= 0.3 is 0 Å². The molecule has 0 radical (unpaired) electrons. The van der Waals surface area contributed by atoms with Gasteiger partial charge in [0.05, 0.1) is 51.3 Å². The van der Waals surface area contributed by atoms with Crippen LogP contribution in [-0.2, 0) is 0 Å². The van der Waals surface area contributed by atoms with Crippen LogP contribution in [0.5, 0.6) is 0 Å². The van der Waals surface area contributed by atoms with Crippen LogP contribution in [0, 0.1) is 17.9 Å². The van der Waals surface area contributed by atoms with Crippen LogP contribution in [0.15, 0.2) is 146 Å². The maximum absolute atomic E-state index is 9.63. The van der Waals surface area contributed by atoms with Gasteiger partial charge in [-0.15, -0.1) is 0 Å². The molecule has 0 spiro atoms. The molecule has 0 saturated carbocycles. The fraction of sp³-hybridized carbons (Fsp3) is 0. The lowest BCUT2D eigenvalue weighted by Gasteiger charge is -2.12. The van der Waals surface area contributed by atoms with Crippen molar-refractivity contribution in [2.45, 2.75) is 0 Å². The lowest BCUT2D eigenvalue weighted by atomic mass is 10.1. The van der Waals surface area contributed by atoms with Crippen LogP contribution in [0.2, 0.25) is 0 Å². The van der Waals surface area contributed by atoms with Gasteiger partial charge in [0.15, 0.2) is 5.69 Å². The lowest BCUT2D eigenvalue weighted by Crippen LogP contribution is -2.03. The fourth-order valence-corrected chi connectivity index (χ4v) is 7.59. The average Bonchev–Trinajstić information content (AvgIpc) is 3.79. The van der Waals surface area contributed by atoms with Crippen molar-refractivity contribution in [2.24, 2.45) is 0 Å². The highest BCUT2D eigenvalue weighted by molar-refractivity contribution is 6.19. The molecule has 6 aromatic carbocycles. The summed E-state index contributed by atoms with van der Waals surface area (Å²) in [4.78, 5) is 9.11. The van der Waals surface area contributed by atoms with E-state index in [1.54, 1.807) is 0 Å². The van der Waals surface area contributed by atoms with Crippen LogP contribution in [0.25, 0.3) is 87.6 Å². The Morgan fingerprint density at radius 2 is 1.00 bits per heavy atom. The SMILES string of the molecule is [C-]#[N+]c1ccc2c(c1)c1cc3c(cc1n2-c1ccccc1)c1ccccc1n3-c1cccc(-n2c3ccccc3c3cc(C#N)ccc32)n1. The first-order valence-electron chi connectivity index (χ1n) is 16.1. The minimum Gasteiger partial charge on any atom is -0.309 e. The summed E-state index contributed by atoms with van der Waals surface area (Å²) in [5.41, 5.74) is 8.60. The van der Waals surface area contributed by atoms with E-state index in [9.17, 15) is 5.26 Å². The molecule has 10 aromatic rings. The van der Waals surface area contributed by atoms with Crippen molar-refractivity contribution < 1.29 is 0 Å². The smallest absolute Gasteiger partial charge is 0.188 e. The quantitative estimate of drug-likeness (QED) is 0.184. The van der Waals surface area contributed by atoms with Gasteiger partial charge in [-0.3, -0.25) is 9.13 Å². The van der Waals surface area contributed by atoms with Crippen LogP contribution >= 0.6 is 0 Å². The zero-order valence-electron chi connectivity index (χ0n) is 26.0. The second-order valence-corrected chi connectivity index (χ2v) is 12.3. The number of aromatic nitrogens is 4. The van der Waals surface area contributed by atoms with E-state index in [0.29, 0.717) is 11.3 Å². The second-order valence-electron chi connectivity index (χ2n) is 12.3. The van der Waals surface area contributed by atoms with Crippen LogP contribution in [0.4, 0.5) is 5.69 Å². The molecule has 6 heteroatoms. The van der Waals surface area contributed by atoms with E-state index in [-0.39, 0.29) is 0 Å². The summed E-state index contributed by atoms with van der Waals surface area (Å²) in [6.07, 6.45) is 0. The number of fused-ring (bicyclic) bond motifs is 9. The number of pyridine rings is 1. The third kappa shape index (κ3) is 3.83. The predicted molar refractivity (Wildman–Crippen MR) is 198 cm³/mol. The number of hydrogen-bond donors (Lipinski definition) is 0. The lowest BCUT2D eigenvalue weighted by molar-refractivity contribution is 1.01. The second kappa shape index (κ2) is 10.2. The third-order valence-electron chi connectivity index (χ3n) is 9.67. The van der Waals surface area contributed by atoms with Gasteiger partial charge in [-0.1, -0.05) is 66.7 Å².